The van der Waals surface area contributed by atoms with Gasteiger partial charge in [-0.2, -0.15) is 0 Å². The van der Waals surface area contributed by atoms with Crippen LogP contribution in [0, 0.1) is 11.7 Å². The molecule has 1 aromatic rings. The fraction of sp³-hybridized carbons (Fsp3) is 0.571. The van der Waals surface area contributed by atoms with Crippen LogP contribution in [-0.4, -0.2) is 19.3 Å². The second-order valence-electron chi connectivity index (χ2n) is 5.16. The van der Waals surface area contributed by atoms with Gasteiger partial charge in [-0.1, -0.05) is 6.07 Å². The Balaban J connectivity index is 1.81. The molecule has 2 heterocycles. The molecule has 0 aliphatic carbocycles. The summed E-state index contributed by atoms with van der Waals surface area (Å²) in [5.41, 5.74) is 7.06. The highest BCUT2D eigenvalue weighted by molar-refractivity contribution is 5.38. The molecule has 98 valence electrons. The molecule has 1 aromatic carbocycles. The Kier molecular flexibility index (Phi) is 3.22. The highest BCUT2D eigenvalue weighted by atomic mass is 19.1. The zero-order valence-electron chi connectivity index (χ0n) is 10.3. The van der Waals surface area contributed by atoms with E-state index in [-0.39, 0.29) is 18.0 Å². The third kappa shape index (κ3) is 2.22. The summed E-state index contributed by atoms with van der Waals surface area (Å²) in [6, 6.07) is 4.53. The van der Waals surface area contributed by atoms with Crippen LogP contribution in [0.4, 0.5) is 4.39 Å². The fourth-order valence-corrected chi connectivity index (χ4v) is 2.85. The number of hydrogen-bond donors (Lipinski definition) is 1. The average Bonchev–Trinajstić information content (AvgIpc) is 2.39. The van der Waals surface area contributed by atoms with Crippen LogP contribution in [0.15, 0.2) is 18.2 Å². The number of benzene rings is 1. The van der Waals surface area contributed by atoms with Gasteiger partial charge >= 0.3 is 0 Å². The molecule has 1 saturated heterocycles. The Morgan fingerprint density at radius 2 is 2.22 bits per heavy atom. The van der Waals surface area contributed by atoms with Gasteiger partial charge in [-0.15, -0.1) is 0 Å². The number of fused-ring (bicyclic) bond motifs is 1. The molecule has 0 aromatic heterocycles. The molecule has 0 radical (unpaired) electrons. The van der Waals surface area contributed by atoms with E-state index >= 15 is 0 Å². The van der Waals surface area contributed by atoms with E-state index in [1.807, 2.05) is 0 Å². The SMILES string of the molecule is N[C@H]1CC(C2CCCOC2)Oc2cc(F)ccc21. The van der Waals surface area contributed by atoms with Gasteiger partial charge < -0.3 is 15.2 Å². The average molecular weight is 251 g/mol. The Morgan fingerprint density at radius 1 is 1.33 bits per heavy atom. The fourth-order valence-electron chi connectivity index (χ4n) is 2.85. The van der Waals surface area contributed by atoms with Crippen LogP contribution >= 0.6 is 0 Å². The minimum atomic E-state index is -0.276. The van der Waals surface area contributed by atoms with E-state index in [1.54, 1.807) is 6.07 Å². The Bertz CT molecular complexity index is 432. The first-order valence-corrected chi connectivity index (χ1v) is 6.53. The van der Waals surface area contributed by atoms with Crippen LogP contribution < -0.4 is 10.5 Å². The molecule has 18 heavy (non-hydrogen) atoms. The number of nitrogens with two attached hydrogens (primary N) is 1. The maximum absolute atomic E-state index is 13.2. The zero-order valence-corrected chi connectivity index (χ0v) is 10.3. The van der Waals surface area contributed by atoms with Crippen molar-refractivity contribution in [1.29, 1.82) is 0 Å². The van der Waals surface area contributed by atoms with Gasteiger partial charge in [0.1, 0.15) is 17.7 Å². The van der Waals surface area contributed by atoms with Crippen molar-refractivity contribution in [2.45, 2.75) is 31.4 Å². The van der Waals surface area contributed by atoms with Gasteiger partial charge in [0.25, 0.3) is 0 Å². The lowest BCUT2D eigenvalue weighted by Gasteiger charge is -2.36. The molecule has 0 bridgehead atoms. The normalized spacial score (nSPS) is 31.6. The Morgan fingerprint density at radius 3 is 3.00 bits per heavy atom. The number of ether oxygens (including phenoxy) is 2. The van der Waals surface area contributed by atoms with Gasteiger partial charge in [-0.05, 0) is 18.9 Å². The Labute approximate surface area is 106 Å². The van der Waals surface area contributed by atoms with Gasteiger partial charge in [0, 0.05) is 36.6 Å². The standard InChI is InChI=1S/C14H18FNO2/c15-10-3-4-11-12(16)7-13(18-14(11)6-10)9-2-1-5-17-8-9/h3-4,6,9,12-13H,1-2,5,7-8,16H2/t9?,12-,13?/m0/s1. The van der Waals surface area contributed by atoms with Crippen molar-refractivity contribution in [3.8, 4) is 5.75 Å². The lowest BCUT2D eigenvalue weighted by Crippen LogP contribution is -2.39. The first kappa shape index (κ1) is 11.9. The lowest BCUT2D eigenvalue weighted by molar-refractivity contribution is -0.00934. The first-order valence-electron chi connectivity index (χ1n) is 6.53. The highest BCUT2D eigenvalue weighted by Gasteiger charge is 2.33. The van der Waals surface area contributed by atoms with E-state index in [0.29, 0.717) is 11.7 Å². The summed E-state index contributed by atoms with van der Waals surface area (Å²) >= 11 is 0. The molecule has 2 aliphatic rings. The van der Waals surface area contributed by atoms with E-state index in [2.05, 4.69) is 0 Å². The van der Waals surface area contributed by atoms with E-state index in [4.69, 9.17) is 15.2 Å². The maximum Gasteiger partial charge on any atom is 0.127 e. The molecule has 3 rings (SSSR count). The van der Waals surface area contributed by atoms with E-state index < -0.39 is 0 Å². The topological polar surface area (TPSA) is 44.5 Å². The van der Waals surface area contributed by atoms with Crippen molar-refractivity contribution in [2.24, 2.45) is 11.7 Å². The third-order valence-electron chi connectivity index (χ3n) is 3.86. The predicted octanol–water partition coefficient (Wildman–Crippen LogP) is 2.40. The van der Waals surface area contributed by atoms with Crippen molar-refractivity contribution >= 4 is 0 Å². The minimum absolute atomic E-state index is 0.0506. The Hall–Kier alpha value is -1.13. The van der Waals surface area contributed by atoms with Crippen molar-refractivity contribution in [2.75, 3.05) is 13.2 Å². The van der Waals surface area contributed by atoms with Gasteiger partial charge in [-0.25, -0.2) is 4.39 Å². The summed E-state index contributed by atoms with van der Waals surface area (Å²) < 4.78 is 24.7. The lowest BCUT2D eigenvalue weighted by atomic mass is 9.87. The van der Waals surface area contributed by atoms with Crippen molar-refractivity contribution in [3.63, 3.8) is 0 Å². The third-order valence-corrected chi connectivity index (χ3v) is 3.86. The van der Waals surface area contributed by atoms with Crippen molar-refractivity contribution < 1.29 is 13.9 Å². The second kappa shape index (κ2) is 4.86. The van der Waals surface area contributed by atoms with E-state index in [1.165, 1.54) is 12.1 Å². The number of halogens is 1. The highest BCUT2D eigenvalue weighted by Crippen LogP contribution is 2.37. The summed E-state index contributed by atoms with van der Waals surface area (Å²) in [7, 11) is 0. The van der Waals surface area contributed by atoms with Gasteiger partial charge in [0.2, 0.25) is 0 Å². The molecule has 2 aliphatic heterocycles. The largest absolute Gasteiger partial charge is 0.490 e. The van der Waals surface area contributed by atoms with Crippen LogP contribution in [0.1, 0.15) is 30.9 Å². The molecule has 2 N–H and O–H groups in total. The quantitative estimate of drug-likeness (QED) is 0.833. The zero-order chi connectivity index (χ0) is 12.5. The molecule has 0 saturated carbocycles. The van der Waals surface area contributed by atoms with Crippen molar-refractivity contribution in [1.82, 2.24) is 0 Å². The monoisotopic (exact) mass is 251 g/mol. The molecular weight excluding hydrogens is 233 g/mol. The molecule has 1 fully saturated rings. The van der Waals surface area contributed by atoms with Crippen LogP contribution in [0.25, 0.3) is 0 Å². The van der Waals surface area contributed by atoms with Gasteiger partial charge in [0.15, 0.2) is 0 Å². The van der Waals surface area contributed by atoms with Crippen LogP contribution in [-0.2, 0) is 4.74 Å². The number of hydrogen-bond acceptors (Lipinski definition) is 3. The van der Waals surface area contributed by atoms with Gasteiger partial charge in [0.05, 0.1) is 6.61 Å². The summed E-state index contributed by atoms with van der Waals surface area (Å²) in [5.74, 6) is 0.701. The van der Waals surface area contributed by atoms with E-state index in [0.717, 1.165) is 38.0 Å². The van der Waals surface area contributed by atoms with Gasteiger partial charge in [-0.3, -0.25) is 0 Å². The smallest absolute Gasteiger partial charge is 0.127 e. The minimum Gasteiger partial charge on any atom is -0.490 e. The molecular formula is C14H18FNO2. The van der Waals surface area contributed by atoms with E-state index in [9.17, 15) is 4.39 Å². The molecule has 2 unspecified atom stereocenters. The number of rotatable bonds is 1. The molecule has 3 atom stereocenters. The molecule has 3 nitrogen and oxygen atoms in total. The molecule has 4 heteroatoms. The first-order chi connectivity index (χ1) is 8.74. The van der Waals surface area contributed by atoms with Crippen LogP contribution in [0.2, 0.25) is 0 Å². The second-order valence-corrected chi connectivity index (χ2v) is 5.16. The summed E-state index contributed by atoms with van der Waals surface area (Å²) in [6.07, 6.45) is 3.00. The summed E-state index contributed by atoms with van der Waals surface area (Å²) in [5, 5.41) is 0. The molecule has 0 amide bonds. The maximum atomic E-state index is 13.2. The van der Waals surface area contributed by atoms with Crippen molar-refractivity contribution in [3.05, 3.63) is 29.6 Å². The predicted molar refractivity (Wildman–Crippen MR) is 65.9 cm³/mol. The summed E-state index contributed by atoms with van der Waals surface area (Å²) in [6.45, 7) is 1.56. The summed E-state index contributed by atoms with van der Waals surface area (Å²) in [4.78, 5) is 0. The van der Waals surface area contributed by atoms with Crippen LogP contribution in [0.5, 0.6) is 5.75 Å². The molecule has 0 spiro atoms. The van der Waals surface area contributed by atoms with Crippen LogP contribution in [0.3, 0.4) is 0 Å².